The first-order valence-corrected chi connectivity index (χ1v) is 10.3. The van der Waals surface area contributed by atoms with Crippen LogP contribution in [0.1, 0.15) is 6.42 Å². The van der Waals surface area contributed by atoms with Crippen molar-refractivity contribution in [3.05, 3.63) is 60.4 Å². The molecule has 1 aromatic heterocycles. The highest BCUT2D eigenvalue weighted by Crippen LogP contribution is 2.32. The number of hydrogen-bond acceptors (Lipinski definition) is 6. The summed E-state index contributed by atoms with van der Waals surface area (Å²) in [7, 11) is 0.0590. The average molecular weight is 403 g/mol. The van der Waals surface area contributed by atoms with Gasteiger partial charge < -0.3 is 14.6 Å². The summed E-state index contributed by atoms with van der Waals surface area (Å²) in [5.74, 6) is -0.193. The van der Waals surface area contributed by atoms with Crippen LogP contribution in [-0.2, 0) is 9.84 Å². The second-order valence-electron chi connectivity index (χ2n) is 6.56. The minimum absolute atomic E-state index is 0.0851. The van der Waals surface area contributed by atoms with E-state index in [2.05, 4.69) is 10.3 Å². The van der Waals surface area contributed by atoms with Crippen molar-refractivity contribution in [1.82, 2.24) is 9.88 Å². The number of halogens is 1. The largest absolute Gasteiger partial charge is 0.419 e. The zero-order chi connectivity index (χ0) is 20.1. The van der Waals surface area contributed by atoms with Crippen molar-refractivity contribution in [3.8, 4) is 11.5 Å². The highest BCUT2D eigenvalue weighted by Gasteiger charge is 2.28. The van der Waals surface area contributed by atoms with Gasteiger partial charge in [0.05, 0.1) is 4.90 Å². The lowest BCUT2D eigenvalue weighted by Crippen LogP contribution is -2.17. The number of sulfone groups is 1. The van der Waals surface area contributed by atoms with Gasteiger partial charge in [0.2, 0.25) is 26.6 Å². The first kappa shape index (κ1) is 20.0. The molecule has 1 N–H and O–H groups in total. The van der Waals surface area contributed by atoms with Crippen LogP contribution >= 0.6 is 0 Å². The molecule has 0 aliphatic heterocycles. The normalized spacial score (nSPS) is 11.7. The molecule has 0 saturated carbocycles. The molecular weight excluding hydrogens is 381 g/mol. The van der Waals surface area contributed by atoms with Gasteiger partial charge in [0.25, 0.3) is 0 Å². The van der Waals surface area contributed by atoms with Crippen molar-refractivity contribution in [1.29, 1.82) is 0 Å². The van der Waals surface area contributed by atoms with E-state index in [1.807, 2.05) is 19.0 Å². The van der Waals surface area contributed by atoms with Gasteiger partial charge in [-0.1, -0.05) is 18.2 Å². The van der Waals surface area contributed by atoms with E-state index in [1.54, 1.807) is 18.2 Å². The van der Waals surface area contributed by atoms with Crippen LogP contribution < -0.4 is 5.32 Å². The average Bonchev–Trinajstić information content (AvgIpc) is 3.11. The van der Waals surface area contributed by atoms with E-state index >= 15 is 0 Å². The van der Waals surface area contributed by atoms with Gasteiger partial charge in [-0.25, -0.2) is 12.8 Å². The Balaban J connectivity index is 1.97. The molecule has 0 aliphatic carbocycles. The van der Waals surface area contributed by atoms with Crippen LogP contribution in [0.15, 0.2) is 68.9 Å². The second kappa shape index (κ2) is 8.53. The van der Waals surface area contributed by atoms with Crippen LogP contribution in [0.4, 0.5) is 10.3 Å². The number of oxazole rings is 1. The monoisotopic (exact) mass is 403 g/mol. The van der Waals surface area contributed by atoms with Crippen molar-refractivity contribution in [2.24, 2.45) is 0 Å². The van der Waals surface area contributed by atoms with E-state index < -0.39 is 15.7 Å². The number of nitrogens with one attached hydrogen (secondary N) is 1. The number of anilines is 1. The van der Waals surface area contributed by atoms with Gasteiger partial charge >= 0.3 is 0 Å². The van der Waals surface area contributed by atoms with E-state index in [4.69, 9.17) is 4.42 Å². The fourth-order valence-corrected chi connectivity index (χ4v) is 3.92. The summed E-state index contributed by atoms with van der Waals surface area (Å²) in [6, 6.07) is 13.6. The first-order valence-electron chi connectivity index (χ1n) is 8.83. The molecule has 0 radical (unpaired) electrons. The van der Waals surface area contributed by atoms with Crippen molar-refractivity contribution >= 4 is 15.7 Å². The summed E-state index contributed by atoms with van der Waals surface area (Å²) in [5.41, 5.74) is 0.493. The molecule has 0 spiro atoms. The van der Waals surface area contributed by atoms with Crippen molar-refractivity contribution in [3.63, 3.8) is 0 Å². The van der Waals surface area contributed by atoms with Crippen LogP contribution in [0.2, 0.25) is 0 Å². The standard InChI is InChI=1S/C20H22FN3O3S/c1-24(2)14-6-13-22-19-20(28(25,26)17-7-4-3-5-8-17)23-18(27-19)15-9-11-16(21)12-10-15/h3-5,7-12,22H,6,13-14H2,1-2H3. The predicted molar refractivity (Wildman–Crippen MR) is 105 cm³/mol. The Morgan fingerprint density at radius 2 is 1.75 bits per heavy atom. The van der Waals surface area contributed by atoms with E-state index in [9.17, 15) is 12.8 Å². The summed E-state index contributed by atoms with van der Waals surface area (Å²) in [6.07, 6.45) is 0.796. The topological polar surface area (TPSA) is 75.4 Å². The molecule has 28 heavy (non-hydrogen) atoms. The highest BCUT2D eigenvalue weighted by molar-refractivity contribution is 7.91. The van der Waals surface area contributed by atoms with Gasteiger partial charge in [0, 0.05) is 12.1 Å². The van der Waals surface area contributed by atoms with Crippen molar-refractivity contribution in [2.75, 3.05) is 32.5 Å². The van der Waals surface area contributed by atoms with Gasteiger partial charge in [0.1, 0.15) is 5.82 Å². The maximum Gasteiger partial charge on any atom is 0.233 e. The maximum absolute atomic E-state index is 13.2. The summed E-state index contributed by atoms with van der Waals surface area (Å²) in [4.78, 5) is 6.39. The number of benzene rings is 2. The zero-order valence-corrected chi connectivity index (χ0v) is 16.5. The second-order valence-corrected chi connectivity index (χ2v) is 8.43. The molecule has 148 valence electrons. The minimum atomic E-state index is -3.87. The Labute approximate surface area is 163 Å². The maximum atomic E-state index is 13.2. The van der Waals surface area contributed by atoms with Crippen molar-refractivity contribution in [2.45, 2.75) is 16.3 Å². The SMILES string of the molecule is CN(C)CCCNc1oc(-c2ccc(F)cc2)nc1S(=O)(=O)c1ccccc1. The van der Waals surface area contributed by atoms with E-state index in [0.717, 1.165) is 13.0 Å². The van der Waals surface area contributed by atoms with Crippen LogP contribution in [0.25, 0.3) is 11.5 Å². The number of rotatable bonds is 8. The van der Waals surface area contributed by atoms with Crippen molar-refractivity contribution < 1.29 is 17.2 Å². The van der Waals surface area contributed by atoms with E-state index in [-0.39, 0.29) is 21.7 Å². The van der Waals surface area contributed by atoms with Crippen LogP contribution in [-0.4, -0.2) is 45.5 Å². The molecule has 0 atom stereocenters. The van der Waals surface area contributed by atoms with Crippen LogP contribution in [0, 0.1) is 5.82 Å². The number of aromatic nitrogens is 1. The minimum Gasteiger partial charge on any atom is -0.419 e. The molecule has 3 rings (SSSR count). The Morgan fingerprint density at radius 3 is 2.39 bits per heavy atom. The van der Waals surface area contributed by atoms with Gasteiger partial charge in [-0.3, -0.25) is 0 Å². The lowest BCUT2D eigenvalue weighted by molar-refractivity contribution is 0.404. The predicted octanol–water partition coefficient (Wildman–Crippen LogP) is 3.68. The van der Waals surface area contributed by atoms with Gasteiger partial charge in [-0.15, -0.1) is 0 Å². The fraction of sp³-hybridized carbons (Fsp3) is 0.250. The quantitative estimate of drug-likeness (QED) is 0.579. The highest BCUT2D eigenvalue weighted by atomic mass is 32.2. The molecule has 0 fully saturated rings. The summed E-state index contributed by atoms with van der Waals surface area (Å²) in [5, 5.41) is 2.86. The van der Waals surface area contributed by atoms with Gasteiger partial charge in [-0.2, -0.15) is 4.98 Å². The van der Waals surface area contributed by atoms with E-state index in [0.29, 0.717) is 12.1 Å². The van der Waals surface area contributed by atoms with Gasteiger partial charge in [-0.05, 0) is 63.5 Å². The third-order valence-corrected chi connectivity index (χ3v) is 5.74. The Kier molecular flexibility index (Phi) is 6.11. The molecule has 0 amide bonds. The molecule has 6 nitrogen and oxygen atoms in total. The van der Waals surface area contributed by atoms with Crippen LogP contribution in [0.5, 0.6) is 0 Å². The molecule has 3 aromatic rings. The Bertz CT molecular complexity index is 1020. The first-order chi connectivity index (χ1) is 13.4. The lowest BCUT2D eigenvalue weighted by Gasteiger charge is -2.10. The molecule has 0 aliphatic rings. The fourth-order valence-electron chi connectivity index (χ4n) is 2.62. The Hall–Kier alpha value is -2.71. The molecule has 8 heteroatoms. The lowest BCUT2D eigenvalue weighted by atomic mass is 10.2. The van der Waals surface area contributed by atoms with Crippen LogP contribution in [0.3, 0.4) is 0 Å². The molecule has 0 unspecified atom stereocenters. The van der Waals surface area contributed by atoms with E-state index in [1.165, 1.54) is 36.4 Å². The third kappa shape index (κ3) is 4.58. The third-order valence-electron chi connectivity index (χ3n) is 4.06. The molecular formula is C20H22FN3O3S. The smallest absolute Gasteiger partial charge is 0.233 e. The summed E-state index contributed by atoms with van der Waals surface area (Å²) in [6.45, 7) is 1.36. The number of hydrogen-bond donors (Lipinski definition) is 1. The summed E-state index contributed by atoms with van der Waals surface area (Å²) >= 11 is 0. The molecule has 0 bridgehead atoms. The molecule has 0 saturated heterocycles. The molecule has 2 aromatic carbocycles. The number of nitrogens with zero attached hydrogens (tertiary/aromatic N) is 2. The Morgan fingerprint density at radius 1 is 1.07 bits per heavy atom. The van der Waals surface area contributed by atoms with Gasteiger partial charge in [0.15, 0.2) is 0 Å². The zero-order valence-electron chi connectivity index (χ0n) is 15.7. The molecule has 1 heterocycles. The summed E-state index contributed by atoms with van der Waals surface area (Å²) < 4.78 is 45.1.